The van der Waals surface area contributed by atoms with Gasteiger partial charge < -0.3 is 24.3 Å². The number of nitrogens with one attached hydrogen (secondary N) is 1. The quantitative estimate of drug-likeness (QED) is 0.580. The first-order chi connectivity index (χ1) is 10.8. The number of carbonyl (C=O) groups excluding carboxylic acids is 2. The summed E-state index contributed by atoms with van der Waals surface area (Å²) < 4.78 is 15.8. The van der Waals surface area contributed by atoms with Gasteiger partial charge in [-0.2, -0.15) is 0 Å². The summed E-state index contributed by atoms with van der Waals surface area (Å²) in [6.07, 6.45) is 0.163. The van der Waals surface area contributed by atoms with E-state index in [1.165, 1.54) is 0 Å². The van der Waals surface area contributed by atoms with Gasteiger partial charge in [0, 0.05) is 17.1 Å². The van der Waals surface area contributed by atoms with Gasteiger partial charge >= 0.3 is 6.09 Å². The number of hydrogen-bond donors (Lipinski definition) is 1. The molecule has 0 spiro atoms. The molecule has 0 unspecified atom stereocenters. The van der Waals surface area contributed by atoms with Crippen LogP contribution in [-0.4, -0.2) is 37.8 Å². The average molecular weight is 344 g/mol. The normalized spacial score (nSPS) is 11.0. The molecule has 0 aromatic heterocycles. The van der Waals surface area contributed by atoms with Gasteiger partial charge in [0.05, 0.1) is 6.61 Å². The van der Waals surface area contributed by atoms with Crippen molar-refractivity contribution >= 4 is 24.0 Å². The number of hydrogen-bond acceptors (Lipinski definition) is 5. The van der Waals surface area contributed by atoms with E-state index in [0.29, 0.717) is 23.7 Å². The van der Waals surface area contributed by atoms with Crippen molar-refractivity contribution < 1.29 is 23.8 Å². The van der Waals surface area contributed by atoms with E-state index in [-0.39, 0.29) is 19.8 Å². The van der Waals surface area contributed by atoms with Crippen molar-refractivity contribution in [3.05, 3.63) is 28.8 Å². The third kappa shape index (κ3) is 8.42. The molecule has 0 saturated carbocycles. The molecule has 0 saturated heterocycles. The van der Waals surface area contributed by atoms with E-state index in [2.05, 4.69) is 5.32 Å². The number of amides is 1. The first-order valence-corrected chi connectivity index (χ1v) is 7.59. The zero-order valence-corrected chi connectivity index (χ0v) is 14.3. The van der Waals surface area contributed by atoms with Gasteiger partial charge in [0.25, 0.3) is 0 Å². The molecule has 7 heteroatoms. The lowest BCUT2D eigenvalue weighted by molar-refractivity contribution is -0.112. The molecule has 23 heavy (non-hydrogen) atoms. The third-order valence-corrected chi connectivity index (χ3v) is 2.75. The monoisotopic (exact) mass is 343 g/mol. The van der Waals surface area contributed by atoms with Crippen LogP contribution in [-0.2, 0) is 20.8 Å². The Kier molecular flexibility index (Phi) is 7.85. The molecule has 1 rings (SSSR count). The summed E-state index contributed by atoms with van der Waals surface area (Å²) in [6.45, 7) is 6.21. The Balaban J connectivity index is 2.57. The molecule has 1 aromatic rings. The Morgan fingerprint density at radius 3 is 2.70 bits per heavy atom. The number of aldehydes is 1. The van der Waals surface area contributed by atoms with Gasteiger partial charge in [-0.05, 0) is 39.0 Å². The third-order valence-electron chi connectivity index (χ3n) is 2.52. The van der Waals surface area contributed by atoms with Gasteiger partial charge in [0.1, 0.15) is 30.9 Å². The molecular weight excluding hydrogens is 322 g/mol. The fourth-order valence-electron chi connectivity index (χ4n) is 1.65. The van der Waals surface area contributed by atoms with Crippen LogP contribution in [0.3, 0.4) is 0 Å². The summed E-state index contributed by atoms with van der Waals surface area (Å²) in [7, 11) is 0. The summed E-state index contributed by atoms with van der Waals surface area (Å²) in [5.74, 6) is 0.583. The Hall–Kier alpha value is -1.79. The summed E-state index contributed by atoms with van der Waals surface area (Å²) in [5, 5.41) is 3.19. The molecule has 0 aliphatic carbocycles. The highest BCUT2D eigenvalue weighted by Crippen LogP contribution is 2.23. The van der Waals surface area contributed by atoms with Gasteiger partial charge in [0.2, 0.25) is 0 Å². The van der Waals surface area contributed by atoms with E-state index in [4.69, 9.17) is 25.8 Å². The van der Waals surface area contributed by atoms with Crippen LogP contribution < -0.4 is 10.1 Å². The maximum absolute atomic E-state index is 11.7. The maximum Gasteiger partial charge on any atom is 0.407 e. The van der Waals surface area contributed by atoms with Crippen LogP contribution in [0.5, 0.6) is 5.75 Å². The molecule has 6 nitrogen and oxygen atoms in total. The van der Waals surface area contributed by atoms with Crippen LogP contribution in [0.1, 0.15) is 26.3 Å². The molecule has 1 aromatic carbocycles. The van der Waals surface area contributed by atoms with Gasteiger partial charge in [-0.15, -0.1) is 0 Å². The zero-order chi connectivity index (χ0) is 17.3. The van der Waals surface area contributed by atoms with Crippen molar-refractivity contribution in [3.63, 3.8) is 0 Å². The van der Waals surface area contributed by atoms with Crippen molar-refractivity contribution in [3.8, 4) is 5.75 Å². The highest BCUT2D eigenvalue weighted by atomic mass is 35.5. The largest absolute Gasteiger partial charge is 0.491 e. The maximum atomic E-state index is 11.7. The molecule has 0 bridgehead atoms. The second kappa shape index (κ2) is 9.37. The molecule has 0 aliphatic rings. The summed E-state index contributed by atoms with van der Waals surface area (Å²) in [4.78, 5) is 21.8. The lowest BCUT2D eigenvalue weighted by Gasteiger charge is -2.20. The second-order valence-electron chi connectivity index (χ2n) is 5.70. The molecular formula is C16H22ClNO5. The minimum absolute atomic E-state index is 0.0387. The molecule has 1 amide bonds. The molecule has 0 fully saturated rings. The number of ether oxygens (including phenoxy) is 3. The van der Waals surface area contributed by atoms with Crippen molar-refractivity contribution in [2.45, 2.75) is 32.9 Å². The van der Waals surface area contributed by atoms with Crippen LogP contribution in [0.25, 0.3) is 0 Å². The molecule has 0 radical (unpaired) electrons. The molecule has 1 N–H and O–H groups in total. The first kappa shape index (κ1) is 19.3. The Morgan fingerprint density at radius 2 is 2.04 bits per heavy atom. The van der Waals surface area contributed by atoms with E-state index >= 15 is 0 Å². The fraction of sp³-hybridized carbons (Fsp3) is 0.500. The average Bonchev–Trinajstić information content (AvgIpc) is 2.45. The summed E-state index contributed by atoms with van der Waals surface area (Å²) in [5.41, 5.74) is 0.159. The fourth-order valence-corrected chi connectivity index (χ4v) is 1.85. The number of halogens is 1. The Labute approximate surface area is 141 Å². The topological polar surface area (TPSA) is 73.9 Å². The SMILES string of the molecule is CC(C)(C)OC(=O)NCc1cc(Cl)ccc1OCCOCC=O. The minimum atomic E-state index is -0.562. The predicted octanol–water partition coefficient (Wildman–Crippen LogP) is 2.96. The van der Waals surface area contributed by atoms with Gasteiger partial charge in [-0.3, -0.25) is 0 Å². The number of benzene rings is 1. The number of rotatable bonds is 8. The van der Waals surface area contributed by atoms with Crippen LogP contribution in [0, 0.1) is 0 Å². The van der Waals surface area contributed by atoms with Crippen molar-refractivity contribution in [2.24, 2.45) is 0 Å². The van der Waals surface area contributed by atoms with Gasteiger partial charge in [-0.1, -0.05) is 11.6 Å². The van der Waals surface area contributed by atoms with E-state index in [1.54, 1.807) is 39.0 Å². The van der Waals surface area contributed by atoms with E-state index in [0.717, 1.165) is 5.56 Å². The number of alkyl carbamates (subject to hydrolysis) is 1. The highest BCUT2D eigenvalue weighted by Gasteiger charge is 2.16. The van der Waals surface area contributed by atoms with Crippen LogP contribution in [0.2, 0.25) is 5.02 Å². The van der Waals surface area contributed by atoms with Gasteiger partial charge in [0.15, 0.2) is 0 Å². The van der Waals surface area contributed by atoms with Crippen molar-refractivity contribution in [1.29, 1.82) is 0 Å². The highest BCUT2D eigenvalue weighted by molar-refractivity contribution is 6.30. The molecule has 0 atom stereocenters. The van der Waals surface area contributed by atoms with Crippen LogP contribution in [0.4, 0.5) is 4.79 Å². The molecule has 0 aliphatic heterocycles. The Bertz CT molecular complexity index is 528. The van der Waals surface area contributed by atoms with Crippen LogP contribution >= 0.6 is 11.6 Å². The second-order valence-corrected chi connectivity index (χ2v) is 6.13. The van der Waals surface area contributed by atoms with Crippen molar-refractivity contribution in [2.75, 3.05) is 19.8 Å². The number of carbonyl (C=O) groups is 2. The molecule has 128 valence electrons. The predicted molar refractivity (Wildman–Crippen MR) is 86.9 cm³/mol. The minimum Gasteiger partial charge on any atom is -0.491 e. The zero-order valence-electron chi connectivity index (χ0n) is 13.6. The lowest BCUT2D eigenvalue weighted by atomic mass is 10.2. The van der Waals surface area contributed by atoms with Gasteiger partial charge in [-0.25, -0.2) is 4.79 Å². The van der Waals surface area contributed by atoms with E-state index in [1.807, 2.05) is 0 Å². The first-order valence-electron chi connectivity index (χ1n) is 7.21. The smallest absolute Gasteiger partial charge is 0.407 e. The summed E-state index contributed by atoms with van der Waals surface area (Å²) in [6, 6.07) is 5.12. The standard InChI is InChI=1S/C16H22ClNO5/c1-16(2,3)23-15(20)18-11-12-10-13(17)4-5-14(12)22-9-8-21-7-6-19/h4-6,10H,7-9,11H2,1-3H3,(H,18,20). The van der Waals surface area contributed by atoms with Crippen molar-refractivity contribution in [1.82, 2.24) is 5.32 Å². The Morgan fingerprint density at radius 1 is 1.30 bits per heavy atom. The molecule has 0 heterocycles. The van der Waals surface area contributed by atoms with Crippen LogP contribution in [0.15, 0.2) is 18.2 Å². The summed E-state index contributed by atoms with van der Waals surface area (Å²) >= 11 is 5.98. The van der Waals surface area contributed by atoms with E-state index in [9.17, 15) is 9.59 Å². The van der Waals surface area contributed by atoms with E-state index < -0.39 is 11.7 Å². The lowest BCUT2D eigenvalue weighted by Crippen LogP contribution is -2.32.